The van der Waals surface area contributed by atoms with Crippen molar-refractivity contribution in [2.45, 2.75) is 6.92 Å². The monoisotopic (exact) mass is 216 g/mol. The van der Waals surface area contributed by atoms with Crippen molar-refractivity contribution in [2.75, 3.05) is 6.54 Å². The molecule has 0 amide bonds. The van der Waals surface area contributed by atoms with Crippen molar-refractivity contribution in [1.29, 1.82) is 0 Å². The standard InChI is InChI=1S/C10H8N4O2/c1-7-5-8(3-2-4-13-14-11)9(10(15)16)12-6-7/h5-6H,4H2,1H3,(H,15,16). The topological polar surface area (TPSA) is 99.0 Å². The van der Waals surface area contributed by atoms with Crippen LogP contribution in [0, 0.1) is 18.8 Å². The second-order valence-corrected chi connectivity index (χ2v) is 2.90. The molecule has 1 aromatic heterocycles. The van der Waals surface area contributed by atoms with Crippen molar-refractivity contribution < 1.29 is 9.90 Å². The van der Waals surface area contributed by atoms with E-state index in [0.29, 0.717) is 5.56 Å². The van der Waals surface area contributed by atoms with E-state index in [1.165, 1.54) is 6.20 Å². The molecule has 80 valence electrons. The van der Waals surface area contributed by atoms with Gasteiger partial charge in [-0.15, -0.1) is 0 Å². The minimum Gasteiger partial charge on any atom is -0.476 e. The van der Waals surface area contributed by atoms with Gasteiger partial charge in [-0.1, -0.05) is 17.0 Å². The first-order valence-electron chi connectivity index (χ1n) is 4.35. The molecular formula is C10H8N4O2. The molecule has 0 radical (unpaired) electrons. The van der Waals surface area contributed by atoms with Crippen molar-refractivity contribution in [3.05, 3.63) is 39.5 Å². The van der Waals surface area contributed by atoms with Crippen LogP contribution in [-0.4, -0.2) is 22.6 Å². The minimum atomic E-state index is -1.13. The minimum absolute atomic E-state index is 0.00347. The Balaban J connectivity index is 3.08. The van der Waals surface area contributed by atoms with Crippen LogP contribution in [0.1, 0.15) is 21.6 Å². The average Bonchev–Trinajstić information content (AvgIpc) is 2.24. The fourth-order valence-electron chi connectivity index (χ4n) is 1.04. The van der Waals surface area contributed by atoms with Crippen molar-refractivity contribution in [2.24, 2.45) is 5.11 Å². The SMILES string of the molecule is Cc1cnc(C(=O)O)c(C#CCN=[N+]=[N-])c1. The third-order valence-corrected chi connectivity index (χ3v) is 1.66. The van der Waals surface area contributed by atoms with Gasteiger partial charge in [0, 0.05) is 11.1 Å². The van der Waals surface area contributed by atoms with Gasteiger partial charge in [-0.3, -0.25) is 0 Å². The largest absolute Gasteiger partial charge is 0.476 e. The number of hydrogen-bond acceptors (Lipinski definition) is 3. The van der Waals surface area contributed by atoms with Gasteiger partial charge in [-0.05, 0) is 24.1 Å². The number of aryl methyl sites for hydroxylation is 1. The van der Waals surface area contributed by atoms with Crippen molar-refractivity contribution >= 4 is 5.97 Å². The fraction of sp³-hybridized carbons (Fsp3) is 0.200. The number of carboxylic acid groups (broad SMARTS) is 1. The molecule has 0 bridgehead atoms. The number of aromatic carboxylic acids is 1. The number of carbonyl (C=O) groups is 1. The summed E-state index contributed by atoms with van der Waals surface area (Å²) in [5.41, 5.74) is 9.07. The summed E-state index contributed by atoms with van der Waals surface area (Å²) in [6.07, 6.45) is 1.46. The zero-order chi connectivity index (χ0) is 12.0. The van der Waals surface area contributed by atoms with Gasteiger partial charge in [0.2, 0.25) is 0 Å². The van der Waals surface area contributed by atoms with Crippen molar-refractivity contribution in [1.82, 2.24) is 4.98 Å². The van der Waals surface area contributed by atoms with Gasteiger partial charge in [-0.2, -0.15) is 0 Å². The maximum atomic E-state index is 10.8. The summed E-state index contributed by atoms with van der Waals surface area (Å²) >= 11 is 0. The number of aromatic nitrogens is 1. The molecule has 0 aliphatic heterocycles. The van der Waals surface area contributed by atoms with E-state index in [1.54, 1.807) is 13.0 Å². The van der Waals surface area contributed by atoms with E-state index in [0.717, 1.165) is 5.56 Å². The molecule has 0 spiro atoms. The predicted octanol–water partition coefficient (Wildman–Crippen LogP) is 1.75. The number of azide groups is 1. The molecule has 1 aromatic rings. The van der Waals surface area contributed by atoms with E-state index in [4.69, 9.17) is 10.6 Å². The highest BCUT2D eigenvalue weighted by Gasteiger charge is 2.09. The van der Waals surface area contributed by atoms with Gasteiger partial charge >= 0.3 is 5.97 Å². The first-order chi connectivity index (χ1) is 7.65. The van der Waals surface area contributed by atoms with E-state index < -0.39 is 5.97 Å². The molecule has 0 unspecified atom stereocenters. The summed E-state index contributed by atoms with van der Waals surface area (Å²) in [6, 6.07) is 1.62. The number of rotatable bonds is 2. The number of hydrogen-bond donors (Lipinski definition) is 1. The van der Waals surface area contributed by atoms with Crippen LogP contribution >= 0.6 is 0 Å². The Bertz CT molecular complexity index is 521. The summed E-state index contributed by atoms with van der Waals surface area (Å²) < 4.78 is 0. The molecule has 0 aliphatic carbocycles. The van der Waals surface area contributed by atoms with Gasteiger partial charge < -0.3 is 5.11 Å². The lowest BCUT2D eigenvalue weighted by molar-refractivity contribution is 0.0690. The van der Waals surface area contributed by atoms with E-state index in [2.05, 4.69) is 26.9 Å². The maximum Gasteiger partial charge on any atom is 0.355 e. The van der Waals surface area contributed by atoms with Crippen molar-refractivity contribution in [3.8, 4) is 11.8 Å². The lowest BCUT2D eigenvalue weighted by Gasteiger charge is -1.98. The van der Waals surface area contributed by atoms with Crippen LogP contribution in [0.4, 0.5) is 0 Å². The first-order valence-corrected chi connectivity index (χ1v) is 4.35. The summed E-state index contributed by atoms with van der Waals surface area (Å²) in [6.45, 7) is 1.79. The molecule has 0 saturated carbocycles. The zero-order valence-corrected chi connectivity index (χ0v) is 8.51. The highest BCUT2D eigenvalue weighted by Crippen LogP contribution is 2.06. The Labute approximate surface area is 91.6 Å². The Kier molecular flexibility index (Phi) is 3.90. The van der Waals surface area contributed by atoms with Crippen LogP contribution in [0.5, 0.6) is 0 Å². The molecule has 0 atom stereocenters. The quantitative estimate of drug-likeness (QED) is 0.352. The Morgan fingerprint density at radius 1 is 1.75 bits per heavy atom. The van der Waals surface area contributed by atoms with Gasteiger partial charge in [0.25, 0.3) is 0 Å². The highest BCUT2D eigenvalue weighted by molar-refractivity contribution is 5.88. The van der Waals surface area contributed by atoms with E-state index >= 15 is 0 Å². The maximum absolute atomic E-state index is 10.8. The van der Waals surface area contributed by atoms with E-state index in [1.807, 2.05) is 0 Å². The van der Waals surface area contributed by atoms with Crippen LogP contribution < -0.4 is 0 Å². The number of carboxylic acids is 1. The highest BCUT2D eigenvalue weighted by atomic mass is 16.4. The zero-order valence-electron chi connectivity index (χ0n) is 8.51. The van der Waals surface area contributed by atoms with Crippen molar-refractivity contribution in [3.63, 3.8) is 0 Å². The lowest BCUT2D eigenvalue weighted by Crippen LogP contribution is -2.04. The molecule has 1 heterocycles. The molecule has 1 rings (SSSR count). The summed E-state index contributed by atoms with van der Waals surface area (Å²) in [5, 5.41) is 12.1. The van der Waals surface area contributed by atoms with E-state index in [-0.39, 0.29) is 12.2 Å². The van der Waals surface area contributed by atoms with Crippen LogP contribution in [0.2, 0.25) is 0 Å². The predicted molar refractivity (Wildman–Crippen MR) is 56.8 cm³/mol. The molecule has 1 N–H and O–H groups in total. The van der Waals surface area contributed by atoms with Crippen LogP contribution in [0.25, 0.3) is 10.4 Å². The summed E-state index contributed by atoms with van der Waals surface area (Å²) in [5.74, 6) is 4.03. The van der Waals surface area contributed by atoms with Gasteiger partial charge in [0.1, 0.15) is 0 Å². The Hall–Kier alpha value is -2.51. The molecule has 0 aromatic carbocycles. The molecule has 16 heavy (non-hydrogen) atoms. The third kappa shape index (κ3) is 3.01. The summed E-state index contributed by atoms with van der Waals surface area (Å²) in [7, 11) is 0. The lowest BCUT2D eigenvalue weighted by atomic mass is 10.1. The first kappa shape index (κ1) is 11.6. The molecule has 0 aliphatic rings. The number of nitrogens with zero attached hydrogens (tertiary/aromatic N) is 4. The van der Waals surface area contributed by atoms with Crippen LogP contribution in [0.3, 0.4) is 0 Å². The molecule has 0 saturated heterocycles. The van der Waals surface area contributed by atoms with Gasteiger partial charge in [-0.25, -0.2) is 9.78 Å². The molecule has 6 heteroatoms. The molecular weight excluding hydrogens is 208 g/mol. The number of pyridine rings is 1. The normalized spacial score (nSPS) is 8.56. The third-order valence-electron chi connectivity index (χ3n) is 1.66. The smallest absolute Gasteiger partial charge is 0.355 e. The second kappa shape index (κ2) is 5.39. The summed E-state index contributed by atoms with van der Waals surface area (Å²) in [4.78, 5) is 17.1. The average molecular weight is 216 g/mol. The van der Waals surface area contributed by atoms with Gasteiger partial charge in [0.15, 0.2) is 5.69 Å². The van der Waals surface area contributed by atoms with Crippen LogP contribution in [-0.2, 0) is 0 Å². The van der Waals surface area contributed by atoms with E-state index in [9.17, 15) is 4.79 Å². The Morgan fingerprint density at radius 3 is 3.12 bits per heavy atom. The Morgan fingerprint density at radius 2 is 2.50 bits per heavy atom. The van der Waals surface area contributed by atoms with Crippen LogP contribution in [0.15, 0.2) is 17.4 Å². The molecule has 0 fully saturated rings. The molecule has 6 nitrogen and oxygen atoms in total. The second-order valence-electron chi connectivity index (χ2n) is 2.90. The van der Waals surface area contributed by atoms with Gasteiger partial charge in [0.05, 0.1) is 12.1 Å². The fourth-order valence-corrected chi connectivity index (χ4v) is 1.04.